The Morgan fingerprint density at radius 2 is 2.16 bits per heavy atom. The highest BCUT2D eigenvalue weighted by molar-refractivity contribution is 5.35. The van der Waals surface area contributed by atoms with Crippen LogP contribution in [0.2, 0.25) is 0 Å². The molecule has 1 unspecified atom stereocenters. The minimum atomic E-state index is 0.0697. The molecule has 1 aliphatic heterocycles. The van der Waals surface area contributed by atoms with Gasteiger partial charge in [-0.05, 0) is 38.9 Å². The van der Waals surface area contributed by atoms with Crippen molar-refractivity contribution in [2.75, 3.05) is 20.2 Å². The van der Waals surface area contributed by atoms with Gasteiger partial charge in [0.05, 0.1) is 0 Å². The summed E-state index contributed by atoms with van der Waals surface area (Å²) < 4.78 is 6.05. The molecule has 1 fully saturated rings. The van der Waals surface area contributed by atoms with Crippen LogP contribution in [0.4, 0.5) is 0 Å². The largest absolute Gasteiger partial charge is 0.492 e. The molecule has 0 aliphatic carbocycles. The maximum Gasteiger partial charge on any atom is 0.124 e. The molecule has 2 rings (SSSR count). The zero-order chi connectivity index (χ0) is 13.7. The molecule has 1 aromatic rings. The highest BCUT2D eigenvalue weighted by Gasteiger charge is 2.20. The van der Waals surface area contributed by atoms with Crippen LogP contribution in [0, 0.1) is 0 Å². The molecule has 106 valence electrons. The second kappa shape index (κ2) is 6.92. The molecule has 1 aliphatic rings. The van der Waals surface area contributed by atoms with Gasteiger partial charge in [0, 0.05) is 17.6 Å². The number of rotatable bonds is 5. The van der Waals surface area contributed by atoms with E-state index in [0.717, 1.165) is 24.3 Å². The maximum absolute atomic E-state index is 6.14. The number of nitrogens with two attached hydrogens (primary N) is 1. The minimum Gasteiger partial charge on any atom is -0.492 e. The first-order valence-electron chi connectivity index (χ1n) is 7.40. The average molecular weight is 262 g/mol. The number of hydrogen-bond acceptors (Lipinski definition) is 3. The molecule has 0 radical (unpaired) electrons. The molecule has 0 amide bonds. The van der Waals surface area contributed by atoms with Crippen LogP contribution in [-0.2, 0) is 0 Å². The first kappa shape index (κ1) is 14.4. The van der Waals surface area contributed by atoms with E-state index in [1.165, 1.54) is 25.8 Å². The number of likely N-dealkylation sites (tertiary alicyclic amines) is 1. The summed E-state index contributed by atoms with van der Waals surface area (Å²) >= 11 is 0. The predicted octanol–water partition coefficient (Wildman–Crippen LogP) is 2.96. The lowest BCUT2D eigenvalue weighted by molar-refractivity contribution is 0.124. The van der Waals surface area contributed by atoms with E-state index >= 15 is 0 Å². The summed E-state index contributed by atoms with van der Waals surface area (Å²) in [5, 5.41) is 0. The monoisotopic (exact) mass is 262 g/mol. The van der Waals surface area contributed by atoms with Crippen molar-refractivity contribution in [1.82, 2.24) is 4.90 Å². The van der Waals surface area contributed by atoms with Crippen LogP contribution in [0.5, 0.6) is 5.75 Å². The smallest absolute Gasteiger partial charge is 0.124 e. The van der Waals surface area contributed by atoms with Gasteiger partial charge in [0.25, 0.3) is 0 Å². The van der Waals surface area contributed by atoms with Crippen LogP contribution in [-0.4, -0.2) is 31.1 Å². The van der Waals surface area contributed by atoms with Crippen molar-refractivity contribution in [3.8, 4) is 5.75 Å². The fourth-order valence-electron chi connectivity index (χ4n) is 2.68. The van der Waals surface area contributed by atoms with Crippen molar-refractivity contribution in [3.05, 3.63) is 29.8 Å². The summed E-state index contributed by atoms with van der Waals surface area (Å²) in [7, 11) is 2.19. The van der Waals surface area contributed by atoms with Crippen LogP contribution in [0.1, 0.15) is 44.2 Å². The van der Waals surface area contributed by atoms with E-state index in [9.17, 15) is 0 Å². The number of para-hydroxylation sites is 1. The Hall–Kier alpha value is -1.06. The summed E-state index contributed by atoms with van der Waals surface area (Å²) in [6.07, 6.45) is 4.79. The van der Waals surface area contributed by atoms with Gasteiger partial charge in [-0.1, -0.05) is 31.5 Å². The molecular formula is C16H26N2O. The van der Waals surface area contributed by atoms with Crippen LogP contribution >= 0.6 is 0 Å². The zero-order valence-corrected chi connectivity index (χ0v) is 12.1. The first-order valence-corrected chi connectivity index (χ1v) is 7.40. The molecule has 1 saturated heterocycles. The third kappa shape index (κ3) is 3.71. The summed E-state index contributed by atoms with van der Waals surface area (Å²) in [4.78, 5) is 2.41. The quantitative estimate of drug-likeness (QED) is 0.886. The highest BCUT2D eigenvalue weighted by atomic mass is 16.5. The van der Waals surface area contributed by atoms with Crippen molar-refractivity contribution in [2.24, 2.45) is 5.73 Å². The summed E-state index contributed by atoms with van der Waals surface area (Å²) in [5.41, 5.74) is 7.27. The van der Waals surface area contributed by atoms with Crippen molar-refractivity contribution in [2.45, 2.75) is 44.7 Å². The van der Waals surface area contributed by atoms with Gasteiger partial charge in [0.1, 0.15) is 12.4 Å². The Bertz CT molecular complexity index is 394. The summed E-state index contributed by atoms with van der Waals surface area (Å²) in [6.45, 7) is 4.06. The van der Waals surface area contributed by atoms with Crippen LogP contribution in [0.25, 0.3) is 0 Å². The number of benzene rings is 1. The van der Waals surface area contributed by atoms with Gasteiger partial charge in [-0.15, -0.1) is 0 Å². The lowest BCUT2D eigenvalue weighted by atomic mass is 10.0. The summed E-state index contributed by atoms with van der Waals surface area (Å²) in [5.74, 6) is 0.954. The number of hydrogen-bond donors (Lipinski definition) is 1. The van der Waals surface area contributed by atoms with Gasteiger partial charge in [-0.2, -0.15) is 0 Å². The molecule has 0 saturated carbocycles. The van der Waals surface area contributed by atoms with Gasteiger partial charge < -0.3 is 15.4 Å². The number of ether oxygens (including phenoxy) is 1. The van der Waals surface area contributed by atoms with E-state index in [4.69, 9.17) is 10.5 Å². The molecule has 2 N–H and O–H groups in total. The van der Waals surface area contributed by atoms with Gasteiger partial charge in [0.15, 0.2) is 0 Å². The fraction of sp³-hybridized carbons (Fsp3) is 0.625. The van der Waals surface area contributed by atoms with Crippen molar-refractivity contribution >= 4 is 0 Å². The molecule has 0 bridgehead atoms. The Kier molecular flexibility index (Phi) is 5.23. The van der Waals surface area contributed by atoms with E-state index in [2.05, 4.69) is 24.9 Å². The molecule has 1 aromatic carbocycles. The molecule has 0 spiro atoms. The first-order chi connectivity index (χ1) is 9.22. The van der Waals surface area contributed by atoms with E-state index in [-0.39, 0.29) is 6.04 Å². The Morgan fingerprint density at radius 3 is 2.89 bits per heavy atom. The molecule has 2 atom stereocenters. The third-order valence-electron chi connectivity index (χ3n) is 4.11. The Balaban J connectivity index is 1.98. The maximum atomic E-state index is 6.14. The predicted molar refractivity (Wildman–Crippen MR) is 79.4 cm³/mol. The number of piperidine rings is 1. The number of likely N-dealkylation sites (N-methyl/N-ethyl adjacent to an activating group) is 1. The van der Waals surface area contributed by atoms with Crippen molar-refractivity contribution in [3.63, 3.8) is 0 Å². The van der Waals surface area contributed by atoms with E-state index < -0.39 is 0 Å². The van der Waals surface area contributed by atoms with E-state index in [1.54, 1.807) is 0 Å². The molecular weight excluding hydrogens is 236 g/mol. The summed E-state index contributed by atoms with van der Waals surface area (Å²) in [6, 6.07) is 8.78. The lowest BCUT2D eigenvalue weighted by Gasteiger charge is -2.32. The Labute approximate surface area is 116 Å². The van der Waals surface area contributed by atoms with Crippen molar-refractivity contribution < 1.29 is 4.74 Å². The van der Waals surface area contributed by atoms with Gasteiger partial charge in [-0.25, -0.2) is 0 Å². The third-order valence-corrected chi connectivity index (χ3v) is 4.11. The molecule has 3 heteroatoms. The number of nitrogens with zero attached hydrogens (tertiary/aromatic N) is 1. The normalized spacial score (nSPS) is 22.2. The Morgan fingerprint density at radius 1 is 1.37 bits per heavy atom. The molecule has 19 heavy (non-hydrogen) atoms. The van der Waals surface area contributed by atoms with Crippen LogP contribution < -0.4 is 10.5 Å². The lowest BCUT2D eigenvalue weighted by Crippen LogP contribution is -2.40. The highest BCUT2D eigenvalue weighted by Crippen LogP contribution is 2.26. The fourth-order valence-corrected chi connectivity index (χ4v) is 2.68. The van der Waals surface area contributed by atoms with Crippen LogP contribution in [0.15, 0.2) is 24.3 Å². The molecule has 0 aromatic heterocycles. The molecule has 3 nitrogen and oxygen atoms in total. The average Bonchev–Trinajstić information content (AvgIpc) is 2.46. The van der Waals surface area contributed by atoms with Crippen molar-refractivity contribution in [1.29, 1.82) is 0 Å². The molecule has 1 heterocycles. The zero-order valence-electron chi connectivity index (χ0n) is 12.1. The van der Waals surface area contributed by atoms with Gasteiger partial charge in [-0.3, -0.25) is 0 Å². The topological polar surface area (TPSA) is 38.5 Å². The second-order valence-electron chi connectivity index (χ2n) is 5.49. The second-order valence-corrected chi connectivity index (χ2v) is 5.49. The van der Waals surface area contributed by atoms with Crippen LogP contribution in [0.3, 0.4) is 0 Å². The van der Waals surface area contributed by atoms with Gasteiger partial charge >= 0.3 is 0 Å². The SMILES string of the molecule is CC[C@H](N)c1ccccc1OCC1CCCCN1C. The van der Waals surface area contributed by atoms with E-state index in [0.29, 0.717) is 6.04 Å². The van der Waals surface area contributed by atoms with Gasteiger partial charge in [0.2, 0.25) is 0 Å². The standard InChI is InChI=1S/C16H26N2O/c1-3-15(17)14-9-4-5-10-16(14)19-12-13-8-6-7-11-18(13)2/h4-5,9-10,13,15H,3,6-8,11-12,17H2,1-2H3/t13?,15-/m0/s1. The minimum absolute atomic E-state index is 0.0697. The van der Waals surface area contributed by atoms with E-state index in [1.807, 2.05) is 18.2 Å².